The third-order valence-corrected chi connectivity index (χ3v) is 10.4. The van der Waals surface area contributed by atoms with Crippen LogP contribution in [0.15, 0.2) is 191 Å². The van der Waals surface area contributed by atoms with Crippen LogP contribution in [0.4, 0.5) is 17.1 Å². The van der Waals surface area contributed by atoms with Crippen molar-refractivity contribution < 1.29 is 8.83 Å². The Morgan fingerprint density at radius 3 is 1.96 bits per heavy atom. The fraction of sp³-hybridized carbons (Fsp3) is 0. The summed E-state index contributed by atoms with van der Waals surface area (Å²) in [6.45, 7) is 0. The molecule has 2 heterocycles. The standard InChI is InChI=1S/C49H30N2O2/c1-3-12-32(13-4-1)49-50-44-25-24-40-41(34-20-19-31-11-7-8-14-33(31)27-34)28-35-21-22-37(29-42(35)47(40)48(44)53-49)51(36-15-5-2-6-16-36)38-23-26-46-43(30-38)39-17-9-10-18-45(39)52-46/h1-30H. The van der Waals surface area contributed by atoms with Crippen molar-refractivity contribution in [2.45, 2.75) is 0 Å². The molecule has 11 aromatic rings. The van der Waals surface area contributed by atoms with Gasteiger partial charge in [0.25, 0.3) is 0 Å². The SMILES string of the molecule is c1ccc(-c2nc3ccc4c(-c5ccc6ccccc6c5)cc5ccc(N(c6ccccc6)c6ccc7oc8ccccc8c7c6)cc5c4c3o2)cc1. The fourth-order valence-electron chi connectivity index (χ4n) is 7.92. The van der Waals surface area contributed by atoms with E-state index in [0.717, 1.165) is 88.3 Å². The minimum atomic E-state index is 0.611. The first-order valence-corrected chi connectivity index (χ1v) is 17.9. The maximum Gasteiger partial charge on any atom is 0.227 e. The molecule has 0 saturated carbocycles. The topological polar surface area (TPSA) is 42.4 Å². The van der Waals surface area contributed by atoms with E-state index in [1.807, 2.05) is 42.5 Å². The van der Waals surface area contributed by atoms with Crippen LogP contribution in [0.2, 0.25) is 0 Å². The molecule has 0 aliphatic rings. The Bertz CT molecular complexity index is 3180. The van der Waals surface area contributed by atoms with E-state index in [9.17, 15) is 0 Å². The largest absolute Gasteiger partial charge is 0.456 e. The number of hydrogen-bond acceptors (Lipinski definition) is 4. The maximum atomic E-state index is 6.75. The van der Waals surface area contributed by atoms with E-state index in [1.54, 1.807) is 0 Å². The molecule has 53 heavy (non-hydrogen) atoms. The zero-order valence-electron chi connectivity index (χ0n) is 28.5. The number of fused-ring (bicyclic) bond motifs is 9. The first kappa shape index (κ1) is 29.5. The van der Waals surface area contributed by atoms with Gasteiger partial charge in [-0.25, -0.2) is 4.98 Å². The molecule has 248 valence electrons. The van der Waals surface area contributed by atoms with E-state index in [2.05, 4.69) is 144 Å². The number of nitrogens with zero attached hydrogens (tertiary/aromatic N) is 2. The second-order valence-electron chi connectivity index (χ2n) is 13.6. The normalized spacial score (nSPS) is 11.8. The third-order valence-electron chi connectivity index (χ3n) is 10.4. The molecular weight excluding hydrogens is 649 g/mol. The van der Waals surface area contributed by atoms with Crippen molar-refractivity contribution in [3.8, 4) is 22.6 Å². The summed E-state index contributed by atoms with van der Waals surface area (Å²) in [6, 6.07) is 64.0. The lowest BCUT2D eigenvalue weighted by atomic mass is 9.91. The average molecular weight is 679 g/mol. The van der Waals surface area contributed by atoms with Gasteiger partial charge in [-0.2, -0.15) is 0 Å². The number of anilines is 3. The fourth-order valence-corrected chi connectivity index (χ4v) is 7.92. The molecule has 0 N–H and O–H groups in total. The molecule has 4 nitrogen and oxygen atoms in total. The maximum absolute atomic E-state index is 6.75. The molecular formula is C49H30N2O2. The van der Waals surface area contributed by atoms with Crippen LogP contribution in [-0.2, 0) is 0 Å². The summed E-state index contributed by atoms with van der Waals surface area (Å²) < 4.78 is 13.0. The van der Waals surface area contributed by atoms with Crippen LogP contribution in [0.1, 0.15) is 0 Å². The van der Waals surface area contributed by atoms with Crippen LogP contribution in [0, 0.1) is 0 Å². The van der Waals surface area contributed by atoms with Crippen LogP contribution in [-0.4, -0.2) is 4.98 Å². The van der Waals surface area contributed by atoms with Crippen LogP contribution in [0.5, 0.6) is 0 Å². The van der Waals surface area contributed by atoms with Gasteiger partial charge < -0.3 is 13.7 Å². The van der Waals surface area contributed by atoms with E-state index in [4.69, 9.17) is 13.8 Å². The third kappa shape index (κ3) is 4.80. The highest BCUT2D eigenvalue weighted by Gasteiger charge is 2.20. The first-order valence-electron chi connectivity index (χ1n) is 17.9. The Morgan fingerprint density at radius 1 is 0.396 bits per heavy atom. The molecule has 4 heteroatoms. The quantitative estimate of drug-likeness (QED) is 0.170. The molecule has 0 aliphatic carbocycles. The summed E-state index contributed by atoms with van der Waals surface area (Å²) in [5.74, 6) is 0.611. The Kier molecular flexibility index (Phi) is 6.52. The number of oxazole rings is 1. The highest BCUT2D eigenvalue weighted by Crippen LogP contribution is 2.44. The number of hydrogen-bond donors (Lipinski definition) is 0. The van der Waals surface area contributed by atoms with Gasteiger partial charge in [-0.05, 0) is 117 Å². The smallest absolute Gasteiger partial charge is 0.227 e. The Labute approximate surface area is 304 Å². The monoisotopic (exact) mass is 678 g/mol. The Hall–Kier alpha value is -7.17. The number of benzene rings is 9. The van der Waals surface area contributed by atoms with Gasteiger partial charge in [0.1, 0.15) is 16.7 Å². The number of furan rings is 1. The highest BCUT2D eigenvalue weighted by molar-refractivity contribution is 6.23. The molecule has 0 bridgehead atoms. The summed E-state index contributed by atoms with van der Waals surface area (Å²) in [4.78, 5) is 7.32. The lowest BCUT2D eigenvalue weighted by Crippen LogP contribution is -2.09. The summed E-state index contributed by atoms with van der Waals surface area (Å²) in [5, 5.41) is 9.00. The summed E-state index contributed by atoms with van der Waals surface area (Å²) in [7, 11) is 0. The van der Waals surface area contributed by atoms with E-state index in [-0.39, 0.29) is 0 Å². The number of para-hydroxylation sites is 2. The van der Waals surface area contributed by atoms with Crippen molar-refractivity contribution in [1.82, 2.24) is 4.98 Å². The van der Waals surface area contributed by atoms with Crippen LogP contribution in [0.25, 0.3) is 87.9 Å². The molecule has 0 saturated heterocycles. The summed E-state index contributed by atoms with van der Waals surface area (Å²) in [5.41, 5.74) is 9.78. The van der Waals surface area contributed by atoms with Crippen molar-refractivity contribution in [2.24, 2.45) is 0 Å². The van der Waals surface area contributed by atoms with Crippen molar-refractivity contribution in [3.63, 3.8) is 0 Å². The zero-order valence-corrected chi connectivity index (χ0v) is 28.5. The minimum absolute atomic E-state index is 0.611. The van der Waals surface area contributed by atoms with Gasteiger partial charge >= 0.3 is 0 Å². The molecule has 0 aliphatic heterocycles. The lowest BCUT2D eigenvalue weighted by molar-refractivity contribution is 0.623. The molecule has 0 atom stereocenters. The molecule has 0 radical (unpaired) electrons. The first-order chi connectivity index (χ1) is 26.2. The van der Waals surface area contributed by atoms with Crippen molar-refractivity contribution in [3.05, 3.63) is 182 Å². The second-order valence-corrected chi connectivity index (χ2v) is 13.6. The molecule has 0 spiro atoms. The minimum Gasteiger partial charge on any atom is -0.456 e. The van der Waals surface area contributed by atoms with Gasteiger partial charge in [0.05, 0.1) is 0 Å². The van der Waals surface area contributed by atoms with E-state index < -0.39 is 0 Å². The molecule has 0 amide bonds. The highest BCUT2D eigenvalue weighted by atomic mass is 16.3. The zero-order chi connectivity index (χ0) is 34.9. The number of rotatable bonds is 5. The van der Waals surface area contributed by atoms with Gasteiger partial charge in [-0.1, -0.05) is 103 Å². The average Bonchev–Trinajstić information content (AvgIpc) is 3.83. The Morgan fingerprint density at radius 2 is 1.09 bits per heavy atom. The van der Waals surface area contributed by atoms with Gasteiger partial charge in [0.15, 0.2) is 5.58 Å². The molecule has 0 fully saturated rings. The predicted molar refractivity (Wildman–Crippen MR) is 219 cm³/mol. The van der Waals surface area contributed by atoms with Crippen molar-refractivity contribution in [2.75, 3.05) is 4.90 Å². The number of aromatic nitrogens is 1. The van der Waals surface area contributed by atoms with Crippen LogP contribution in [0.3, 0.4) is 0 Å². The van der Waals surface area contributed by atoms with Gasteiger partial charge in [-0.15, -0.1) is 0 Å². The van der Waals surface area contributed by atoms with Crippen LogP contribution >= 0.6 is 0 Å². The molecule has 0 unspecified atom stereocenters. The lowest BCUT2D eigenvalue weighted by Gasteiger charge is -2.26. The predicted octanol–water partition coefficient (Wildman–Crippen LogP) is 14.0. The second kappa shape index (κ2) is 11.7. The van der Waals surface area contributed by atoms with Gasteiger partial charge in [0.2, 0.25) is 5.89 Å². The van der Waals surface area contributed by atoms with Gasteiger partial charge in [0, 0.05) is 38.8 Å². The molecule has 9 aromatic carbocycles. The van der Waals surface area contributed by atoms with Crippen LogP contribution < -0.4 is 4.90 Å². The van der Waals surface area contributed by atoms with E-state index >= 15 is 0 Å². The van der Waals surface area contributed by atoms with Gasteiger partial charge in [-0.3, -0.25) is 0 Å². The Balaban J connectivity index is 1.19. The van der Waals surface area contributed by atoms with E-state index in [0.29, 0.717) is 5.89 Å². The van der Waals surface area contributed by atoms with E-state index in [1.165, 1.54) is 10.8 Å². The van der Waals surface area contributed by atoms with Crippen molar-refractivity contribution in [1.29, 1.82) is 0 Å². The molecule has 11 rings (SSSR count). The molecule has 2 aromatic heterocycles. The summed E-state index contributed by atoms with van der Waals surface area (Å²) in [6.07, 6.45) is 0. The van der Waals surface area contributed by atoms with Crippen molar-refractivity contribution >= 4 is 82.4 Å². The summed E-state index contributed by atoms with van der Waals surface area (Å²) >= 11 is 0.